The number of hydrogen-bond donors (Lipinski definition) is 0. The highest BCUT2D eigenvalue weighted by Gasteiger charge is 2.32. The highest BCUT2D eigenvalue weighted by atomic mass is 28.4. The zero-order valence-corrected chi connectivity index (χ0v) is 13.4. The van der Waals surface area contributed by atoms with E-state index in [1.54, 1.807) is 0 Å². The number of rotatable bonds is 9. The Labute approximate surface area is 118 Å². The van der Waals surface area contributed by atoms with Crippen molar-refractivity contribution in [1.82, 2.24) is 0 Å². The zero-order valence-electron chi connectivity index (χ0n) is 12.4. The minimum Gasteiger partial charge on any atom is -0.395 e. The second-order valence-corrected chi connectivity index (χ2v) is 8.41. The van der Waals surface area contributed by atoms with Gasteiger partial charge in [-0.05, 0) is 36.6 Å². The molecule has 0 aliphatic carbocycles. The highest BCUT2D eigenvalue weighted by molar-refractivity contribution is 6.67. The van der Waals surface area contributed by atoms with Crippen LogP contribution in [0.25, 0.3) is 6.08 Å². The van der Waals surface area contributed by atoms with E-state index in [4.69, 9.17) is 8.85 Å². The van der Waals surface area contributed by atoms with Crippen molar-refractivity contribution in [3.63, 3.8) is 0 Å². The third-order valence-electron chi connectivity index (χ3n) is 3.43. The third kappa shape index (κ3) is 4.94. The summed E-state index contributed by atoms with van der Waals surface area (Å²) in [7, 11) is -1.94. The van der Waals surface area contributed by atoms with Crippen molar-refractivity contribution in [2.75, 3.05) is 13.2 Å². The fourth-order valence-electron chi connectivity index (χ4n) is 2.19. The van der Waals surface area contributed by atoms with E-state index >= 15 is 0 Å². The van der Waals surface area contributed by atoms with Crippen molar-refractivity contribution < 1.29 is 8.85 Å². The van der Waals surface area contributed by atoms with Crippen molar-refractivity contribution in [3.05, 3.63) is 42.0 Å². The minimum absolute atomic E-state index is 0.745. The molecule has 0 aliphatic rings. The molecule has 0 amide bonds. The molecule has 0 aromatic heterocycles. The summed E-state index contributed by atoms with van der Waals surface area (Å²) < 4.78 is 12.0. The standard InChI is InChI=1S/C16H26O2Si/c1-5-15-10-9-11-16(14-15)12-13-18-19(7-3,8-4)17-6-2/h5,9-11,14H,1,6-8,12-13H2,2-4H3. The van der Waals surface area contributed by atoms with Gasteiger partial charge >= 0.3 is 8.56 Å². The molecule has 0 radical (unpaired) electrons. The predicted octanol–water partition coefficient (Wildman–Crippen LogP) is 4.41. The lowest BCUT2D eigenvalue weighted by Crippen LogP contribution is -2.41. The van der Waals surface area contributed by atoms with Crippen molar-refractivity contribution in [3.8, 4) is 0 Å². The zero-order chi connectivity index (χ0) is 14.1. The van der Waals surface area contributed by atoms with Gasteiger partial charge in [-0.15, -0.1) is 0 Å². The van der Waals surface area contributed by atoms with E-state index < -0.39 is 8.56 Å². The summed E-state index contributed by atoms with van der Waals surface area (Å²) in [5.74, 6) is 0. The highest BCUT2D eigenvalue weighted by Crippen LogP contribution is 2.19. The van der Waals surface area contributed by atoms with Gasteiger partial charge in [0, 0.05) is 13.2 Å². The van der Waals surface area contributed by atoms with E-state index in [1.807, 2.05) is 13.0 Å². The molecule has 3 heteroatoms. The summed E-state index contributed by atoms with van der Waals surface area (Å²) in [5, 5.41) is 0. The summed E-state index contributed by atoms with van der Waals surface area (Å²) in [6, 6.07) is 10.5. The van der Waals surface area contributed by atoms with E-state index in [1.165, 1.54) is 5.56 Å². The van der Waals surface area contributed by atoms with Gasteiger partial charge in [-0.1, -0.05) is 50.8 Å². The Hall–Kier alpha value is -0.903. The van der Waals surface area contributed by atoms with Crippen molar-refractivity contribution in [1.29, 1.82) is 0 Å². The average Bonchev–Trinajstić information content (AvgIpc) is 2.46. The van der Waals surface area contributed by atoms with Crippen LogP contribution in [-0.4, -0.2) is 21.8 Å². The smallest absolute Gasteiger partial charge is 0.337 e. The molecule has 1 rings (SSSR count). The molecule has 0 fully saturated rings. The number of hydrogen-bond acceptors (Lipinski definition) is 2. The van der Waals surface area contributed by atoms with Gasteiger partial charge in [0.1, 0.15) is 0 Å². The molecule has 0 unspecified atom stereocenters. The van der Waals surface area contributed by atoms with Crippen LogP contribution in [-0.2, 0) is 15.3 Å². The Morgan fingerprint density at radius 1 is 1.16 bits per heavy atom. The summed E-state index contributed by atoms with van der Waals surface area (Å²) >= 11 is 0. The van der Waals surface area contributed by atoms with Crippen LogP contribution >= 0.6 is 0 Å². The van der Waals surface area contributed by atoms with Crippen molar-refractivity contribution >= 4 is 14.6 Å². The van der Waals surface area contributed by atoms with Crippen LogP contribution in [0.2, 0.25) is 12.1 Å². The lowest BCUT2D eigenvalue weighted by Gasteiger charge is -2.28. The molecular formula is C16H26O2Si. The summed E-state index contributed by atoms with van der Waals surface area (Å²) in [6.45, 7) is 11.7. The quantitative estimate of drug-likeness (QED) is 0.623. The van der Waals surface area contributed by atoms with Crippen LogP contribution < -0.4 is 0 Å². The second-order valence-electron chi connectivity index (χ2n) is 4.60. The van der Waals surface area contributed by atoms with Gasteiger partial charge in [0.05, 0.1) is 0 Å². The van der Waals surface area contributed by atoms with E-state index in [9.17, 15) is 0 Å². The van der Waals surface area contributed by atoms with Gasteiger partial charge < -0.3 is 8.85 Å². The SMILES string of the molecule is C=Cc1cccc(CCO[Si](CC)(CC)OCC)c1. The Bertz CT molecular complexity index is 386. The van der Waals surface area contributed by atoms with E-state index in [-0.39, 0.29) is 0 Å². The monoisotopic (exact) mass is 278 g/mol. The Balaban J connectivity index is 2.53. The van der Waals surface area contributed by atoms with Gasteiger partial charge in [0.15, 0.2) is 0 Å². The first-order valence-electron chi connectivity index (χ1n) is 7.19. The first-order valence-corrected chi connectivity index (χ1v) is 9.42. The van der Waals surface area contributed by atoms with Gasteiger partial charge in [-0.25, -0.2) is 0 Å². The minimum atomic E-state index is -1.94. The lowest BCUT2D eigenvalue weighted by molar-refractivity contribution is 0.178. The fraction of sp³-hybridized carbons (Fsp3) is 0.500. The molecule has 106 valence electrons. The van der Waals surface area contributed by atoms with Crippen LogP contribution in [0.1, 0.15) is 31.9 Å². The molecule has 1 aromatic carbocycles. The van der Waals surface area contributed by atoms with Crippen LogP contribution in [0.5, 0.6) is 0 Å². The summed E-state index contributed by atoms with van der Waals surface area (Å²) in [5.41, 5.74) is 2.46. The van der Waals surface area contributed by atoms with Crippen LogP contribution in [0.15, 0.2) is 30.8 Å². The lowest BCUT2D eigenvalue weighted by atomic mass is 10.1. The van der Waals surface area contributed by atoms with Gasteiger partial charge in [-0.2, -0.15) is 0 Å². The van der Waals surface area contributed by atoms with E-state index in [0.717, 1.165) is 37.3 Å². The van der Waals surface area contributed by atoms with Crippen LogP contribution in [0.4, 0.5) is 0 Å². The van der Waals surface area contributed by atoms with Gasteiger partial charge in [0.2, 0.25) is 0 Å². The van der Waals surface area contributed by atoms with Gasteiger partial charge in [0.25, 0.3) is 0 Å². The Morgan fingerprint density at radius 3 is 2.47 bits per heavy atom. The van der Waals surface area contributed by atoms with Crippen LogP contribution in [0.3, 0.4) is 0 Å². The number of benzene rings is 1. The summed E-state index contributed by atoms with van der Waals surface area (Å²) in [4.78, 5) is 0. The van der Waals surface area contributed by atoms with E-state index in [0.29, 0.717) is 0 Å². The van der Waals surface area contributed by atoms with Gasteiger partial charge in [-0.3, -0.25) is 0 Å². The van der Waals surface area contributed by atoms with E-state index in [2.05, 4.69) is 44.7 Å². The first-order chi connectivity index (χ1) is 9.19. The Morgan fingerprint density at radius 2 is 1.89 bits per heavy atom. The third-order valence-corrected chi connectivity index (χ3v) is 7.13. The van der Waals surface area contributed by atoms with Crippen molar-refractivity contribution in [2.24, 2.45) is 0 Å². The summed E-state index contributed by atoms with van der Waals surface area (Å²) in [6.07, 6.45) is 2.81. The average molecular weight is 278 g/mol. The molecule has 19 heavy (non-hydrogen) atoms. The molecule has 0 saturated heterocycles. The molecule has 0 spiro atoms. The fourth-order valence-corrected chi connectivity index (χ4v) is 4.59. The first kappa shape index (κ1) is 16.2. The second kappa shape index (κ2) is 8.30. The molecule has 0 saturated carbocycles. The molecule has 0 atom stereocenters. The van der Waals surface area contributed by atoms with Crippen molar-refractivity contribution in [2.45, 2.75) is 39.3 Å². The Kier molecular flexibility index (Phi) is 7.06. The maximum atomic E-state index is 6.14. The van der Waals surface area contributed by atoms with Crippen LogP contribution in [0, 0.1) is 0 Å². The molecule has 0 bridgehead atoms. The molecular weight excluding hydrogens is 252 g/mol. The predicted molar refractivity (Wildman–Crippen MR) is 84.5 cm³/mol. The normalized spacial score (nSPS) is 11.5. The maximum Gasteiger partial charge on any atom is 0.337 e. The molecule has 2 nitrogen and oxygen atoms in total. The molecule has 1 aromatic rings. The molecule has 0 N–H and O–H groups in total. The molecule has 0 heterocycles. The molecule has 0 aliphatic heterocycles. The maximum absolute atomic E-state index is 6.14. The topological polar surface area (TPSA) is 18.5 Å². The largest absolute Gasteiger partial charge is 0.395 e.